The summed E-state index contributed by atoms with van der Waals surface area (Å²) in [5.74, 6) is 1.91. The van der Waals surface area contributed by atoms with E-state index in [0.717, 1.165) is 28.0 Å². The molecular formula is C23H32ClNO2. The average Bonchev–Trinajstić information content (AvgIpc) is 2.61. The van der Waals surface area contributed by atoms with Crippen molar-refractivity contribution in [2.24, 2.45) is 5.92 Å². The summed E-state index contributed by atoms with van der Waals surface area (Å²) < 4.78 is 6.21. The quantitative estimate of drug-likeness (QED) is 0.551. The number of hydrogen-bond donors (Lipinski definition) is 1. The Balaban J connectivity index is 0.00000261. The van der Waals surface area contributed by atoms with Gasteiger partial charge in [-0.3, -0.25) is 4.98 Å². The number of phenols is 1. The number of aromatic nitrogens is 1. The molecule has 3 rings (SSSR count). The highest BCUT2D eigenvalue weighted by atomic mass is 35.5. The van der Waals surface area contributed by atoms with Gasteiger partial charge in [0.05, 0.1) is 5.56 Å². The van der Waals surface area contributed by atoms with Gasteiger partial charge in [-0.2, -0.15) is 0 Å². The molecule has 0 spiro atoms. The zero-order chi connectivity index (χ0) is 18.9. The van der Waals surface area contributed by atoms with Crippen LogP contribution in [0, 0.1) is 5.92 Å². The fraction of sp³-hybridized carbons (Fsp3) is 0.522. The molecule has 2 heterocycles. The second-order valence-electron chi connectivity index (χ2n) is 8.17. The predicted octanol–water partition coefficient (Wildman–Crippen LogP) is 6.82. The Hall–Kier alpha value is -1.74. The van der Waals surface area contributed by atoms with Crippen molar-refractivity contribution in [3.63, 3.8) is 0 Å². The number of ether oxygens (including phenoxy) is 1. The van der Waals surface area contributed by atoms with Crippen molar-refractivity contribution in [3.8, 4) is 22.6 Å². The first-order valence-corrected chi connectivity index (χ1v) is 9.86. The molecule has 0 amide bonds. The highest BCUT2D eigenvalue weighted by Gasteiger charge is 2.35. The third-order valence-corrected chi connectivity index (χ3v) is 5.88. The third kappa shape index (κ3) is 4.08. The number of pyridine rings is 1. The van der Waals surface area contributed by atoms with Gasteiger partial charge < -0.3 is 9.84 Å². The van der Waals surface area contributed by atoms with Crippen LogP contribution in [0.25, 0.3) is 11.1 Å². The third-order valence-electron chi connectivity index (χ3n) is 5.88. The number of hydrogen-bond acceptors (Lipinski definition) is 3. The van der Waals surface area contributed by atoms with Crippen molar-refractivity contribution >= 4 is 12.4 Å². The van der Waals surface area contributed by atoms with E-state index in [1.54, 1.807) is 6.20 Å². The maximum Gasteiger partial charge on any atom is 0.132 e. The molecule has 1 N–H and O–H groups in total. The first-order valence-electron chi connectivity index (χ1n) is 9.86. The van der Waals surface area contributed by atoms with E-state index in [1.165, 1.54) is 25.7 Å². The molecule has 1 aliphatic rings. The summed E-state index contributed by atoms with van der Waals surface area (Å²) in [5.41, 5.74) is 3.40. The van der Waals surface area contributed by atoms with E-state index in [0.29, 0.717) is 17.6 Å². The van der Waals surface area contributed by atoms with Gasteiger partial charge in [-0.15, -0.1) is 12.4 Å². The number of fused-ring (bicyclic) bond motifs is 3. The average molecular weight is 390 g/mol. The van der Waals surface area contributed by atoms with E-state index in [4.69, 9.17) is 4.74 Å². The Morgan fingerprint density at radius 1 is 1.15 bits per heavy atom. The molecule has 27 heavy (non-hydrogen) atoms. The molecule has 0 saturated carbocycles. The van der Waals surface area contributed by atoms with Gasteiger partial charge in [0.2, 0.25) is 0 Å². The molecule has 1 aliphatic heterocycles. The second-order valence-corrected chi connectivity index (χ2v) is 8.17. The number of unbranched alkanes of at least 4 members (excludes halogenated alkanes) is 2. The lowest BCUT2D eigenvalue weighted by atomic mass is 9.81. The number of aromatic hydroxyl groups is 1. The van der Waals surface area contributed by atoms with Crippen LogP contribution in [-0.4, -0.2) is 10.1 Å². The molecule has 148 valence electrons. The number of phenolic OH excluding ortho intramolecular Hbond substituents is 1. The summed E-state index contributed by atoms with van der Waals surface area (Å²) in [6.45, 7) is 10.8. The smallest absolute Gasteiger partial charge is 0.132 e. The van der Waals surface area contributed by atoms with Gasteiger partial charge in [-0.05, 0) is 43.4 Å². The molecule has 4 heteroatoms. The standard InChI is InChI=1S/C23H31NO2.ClH/c1-6-7-8-9-15(2)16(3)17-10-11-20-21(22(17)25)18-14-24-13-12-19(18)23(4,5)26-20;/h10-16,25H,6-9H2,1-5H3;1H. The van der Waals surface area contributed by atoms with Gasteiger partial charge in [0.1, 0.15) is 17.1 Å². The molecule has 0 fully saturated rings. The molecule has 2 atom stereocenters. The number of benzene rings is 1. The van der Waals surface area contributed by atoms with Crippen molar-refractivity contribution in [1.82, 2.24) is 4.98 Å². The largest absolute Gasteiger partial charge is 0.507 e. The van der Waals surface area contributed by atoms with Gasteiger partial charge in [-0.25, -0.2) is 0 Å². The van der Waals surface area contributed by atoms with E-state index < -0.39 is 5.60 Å². The van der Waals surface area contributed by atoms with Crippen LogP contribution in [0.1, 0.15) is 77.3 Å². The monoisotopic (exact) mass is 389 g/mol. The number of nitrogens with zero attached hydrogens (tertiary/aromatic N) is 1. The van der Waals surface area contributed by atoms with E-state index in [1.807, 2.05) is 24.4 Å². The summed E-state index contributed by atoms with van der Waals surface area (Å²) in [7, 11) is 0. The molecule has 1 aromatic carbocycles. The van der Waals surface area contributed by atoms with Gasteiger partial charge in [0, 0.05) is 23.5 Å². The van der Waals surface area contributed by atoms with E-state index in [9.17, 15) is 5.11 Å². The Labute approximate surface area is 169 Å². The molecule has 0 radical (unpaired) electrons. The number of halogens is 1. The molecule has 0 aliphatic carbocycles. The Morgan fingerprint density at radius 3 is 2.59 bits per heavy atom. The maximum atomic E-state index is 11.1. The van der Waals surface area contributed by atoms with E-state index >= 15 is 0 Å². The van der Waals surface area contributed by atoms with Crippen LogP contribution in [-0.2, 0) is 5.60 Å². The molecule has 0 saturated heterocycles. The van der Waals surface area contributed by atoms with Crippen molar-refractivity contribution < 1.29 is 9.84 Å². The molecule has 2 unspecified atom stereocenters. The molecule has 1 aromatic heterocycles. The van der Waals surface area contributed by atoms with Crippen LogP contribution in [0.5, 0.6) is 11.5 Å². The number of rotatable bonds is 6. The fourth-order valence-electron chi connectivity index (χ4n) is 4.02. The summed E-state index contributed by atoms with van der Waals surface area (Å²) >= 11 is 0. The van der Waals surface area contributed by atoms with Crippen LogP contribution in [0.3, 0.4) is 0 Å². The molecule has 3 nitrogen and oxygen atoms in total. The van der Waals surface area contributed by atoms with Crippen LogP contribution in [0.15, 0.2) is 30.6 Å². The minimum Gasteiger partial charge on any atom is -0.507 e. The molecule has 2 aromatic rings. The van der Waals surface area contributed by atoms with Crippen molar-refractivity contribution in [1.29, 1.82) is 0 Å². The summed E-state index contributed by atoms with van der Waals surface area (Å²) in [4.78, 5) is 4.30. The van der Waals surface area contributed by atoms with Crippen molar-refractivity contribution in [2.75, 3.05) is 0 Å². The van der Waals surface area contributed by atoms with Crippen LogP contribution >= 0.6 is 12.4 Å². The normalized spacial score (nSPS) is 16.3. The topological polar surface area (TPSA) is 42.4 Å². The first-order chi connectivity index (χ1) is 12.4. The summed E-state index contributed by atoms with van der Waals surface area (Å²) in [6, 6.07) is 6.03. The van der Waals surface area contributed by atoms with Gasteiger partial charge in [-0.1, -0.05) is 52.5 Å². The molecular weight excluding hydrogens is 358 g/mol. The lowest BCUT2D eigenvalue weighted by molar-refractivity contribution is 0.105. The van der Waals surface area contributed by atoms with Gasteiger partial charge >= 0.3 is 0 Å². The second kappa shape index (κ2) is 8.52. The van der Waals surface area contributed by atoms with Crippen molar-refractivity contribution in [3.05, 3.63) is 41.7 Å². The van der Waals surface area contributed by atoms with Crippen LogP contribution < -0.4 is 4.74 Å². The lowest BCUT2D eigenvalue weighted by Crippen LogP contribution is -2.29. The maximum absolute atomic E-state index is 11.1. The minimum atomic E-state index is -0.432. The van der Waals surface area contributed by atoms with Gasteiger partial charge in [0.15, 0.2) is 0 Å². The van der Waals surface area contributed by atoms with Crippen LogP contribution in [0.4, 0.5) is 0 Å². The summed E-state index contributed by atoms with van der Waals surface area (Å²) in [6.07, 6.45) is 8.58. The lowest BCUT2D eigenvalue weighted by Gasteiger charge is -2.35. The molecule has 0 bridgehead atoms. The van der Waals surface area contributed by atoms with E-state index in [-0.39, 0.29) is 12.4 Å². The Bertz CT molecular complexity index is 788. The Morgan fingerprint density at radius 2 is 1.89 bits per heavy atom. The first kappa shape index (κ1) is 21.6. The highest BCUT2D eigenvalue weighted by Crippen LogP contribution is 2.51. The fourth-order valence-corrected chi connectivity index (χ4v) is 4.02. The van der Waals surface area contributed by atoms with Crippen molar-refractivity contribution in [2.45, 2.75) is 71.8 Å². The van der Waals surface area contributed by atoms with Crippen LogP contribution in [0.2, 0.25) is 0 Å². The van der Waals surface area contributed by atoms with Gasteiger partial charge in [0.25, 0.3) is 0 Å². The zero-order valence-electron chi connectivity index (χ0n) is 17.1. The minimum absolute atomic E-state index is 0. The Kier molecular flexibility index (Phi) is 6.80. The van der Waals surface area contributed by atoms with E-state index in [2.05, 4.69) is 39.6 Å². The SMILES string of the molecule is CCCCCC(C)C(C)c1ccc2c(c1O)-c1cnccc1C(C)(C)O2.Cl. The predicted molar refractivity (Wildman–Crippen MR) is 114 cm³/mol. The zero-order valence-corrected chi connectivity index (χ0v) is 17.9. The summed E-state index contributed by atoms with van der Waals surface area (Å²) in [5, 5.41) is 11.1. The highest BCUT2D eigenvalue weighted by molar-refractivity contribution is 5.85.